The summed E-state index contributed by atoms with van der Waals surface area (Å²) in [6.07, 6.45) is 6.00. The smallest absolute Gasteiger partial charge is 0.0624 e. The van der Waals surface area contributed by atoms with Crippen LogP contribution in [0, 0.1) is 0 Å². The number of hydrogen-bond acceptors (Lipinski definition) is 4. The minimum atomic E-state index is 0.757. The molecule has 2 aromatic rings. The van der Waals surface area contributed by atoms with Crippen LogP contribution in [-0.2, 0) is 0 Å². The van der Waals surface area contributed by atoms with Gasteiger partial charge >= 0.3 is 0 Å². The molecular weight excluding hydrogens is 248 g/mol. The Morgan fingerprint density at radius 3 is 1.95 bits per heavy atom. The average molecular weight is 264 g/mol. The molecule has 0 bridgehead atoms. The first-order valence-electron chi connectivity index (χ1n) is 6.37. The number of anilines is 3. The predicted octanol–water partition coefficient (Wildman–Crippen LogP) is 2.73. The second-order valence-electron chi connectivity index (χ2n) is 4.63. The third kappa shape index (κ3) is 2.44. The molecule has 0 amide bonds. The van der Waals surface area contributed by atoms with E-state index in [4.69, 9.17) is 11.5 Å². The molecule has 0 radical (unpaired) electrons. The highest BCUT2D eigenvalue weighted by molar-refractivity contribution is 5.76. The predicted molar refractivity (Wildman–Crippen MR) is 84.4 cm³/mol. The Kier molecular flexibility index (Phi) is 3.05. The van der Waals surface area contributed by atoms with Gasteiger partial charge in [0, 0.05) is 29.3 Å². The van der Waals surface area contributed by atoms with E-state index in [0.717, 1.165) is 28.2 Å². The SMILES string of the molecule is Nc1ccc(C2=CNN(c3ccc(N)cc3)C=C2)cc1. The van der Waals surface area contributed by atoms with Gasteiger partial charge in [0.25, 0.3) is 0 Å². The van der Waals surface area contributed by atoms with Crippen LogP contribution in [0.2, 0.25) is 0 Å². The van der Waals surface area contributed by atoms with E-state index in [0.29, 0.717) is 0 Å². The highest BCUT2D eigenvalue weighted by Crippen LogP contribution is 2.22. The molecule has 20 heavy (non-hydrogen) atoms. The zero-order valence-electron chi connectivity index (χ0n) is 11.0. The van der Waals surface area contributed by atoms with E-state index in [2.05, 4.69) is 11.5 Å². The Morgan fingerprint density at radius 2 is 1.40 bits per heavy atom. The first-order valence-corrected chi connectivity index (χ1v) is 6.37. The van der Waals surface area contributed by atoms with Crippen molar-refractivity contribution in [2.45, 2.75) is 0 Å². The van der Waals surface area contributed by atoms with E-state index in [1.165, 1.54) is 0 Å². The number of hydrogen-bond donors (Lipinski definition) is 3. The molecule has 0 aromatic heterocycles. The zero-order chi connectivity index (χ0) is 13.9. The fourth-order valence-electron chi connectivity index (χ4n) is 2.04. The second kappa shape index (κ2) is 5.01. The Labute approximate surface area is 118 Å². The zero-order valence-corrected chi connectivity index (χ0v) is 11.0. The number of nitrogens with two attached hydrogens (primary N) is 2. The summed E-state index contributed by atoms with van der Waals surface area (Å²) in [5.41, 5.74) is 19.4. The molecule has 0 fully saturated rings. The summed E-state index contributed by atoms with van der Waals surface area (Å²) in [7, 11) is 0. The first kappa shape index (κ1) is 12.2. The van der Waals surface area contributed by atoms with E-state index in [1.54, 1.807) is 0 Å². The van der Waals surface area contributed by atoms with Crippen molar-refractivity contribution < 1.29 is 0 Å². The molecule has 0 aliphatic carbocycles. The maximum atomic E-state index is 5.69. The standard InChI is InChI=1S/C16H16N4/c17-14-3-1-12(2-4-14)13-9-10-20(19-11-13)16-7-5-15(18)6-8-16/h1-11,19H,17-18H2. The van der Waals surface area contributed by atoms with Crippen molar-refractivity contribution in [3.63, 3.8) is 0 Å². The van der Waals surface area contributed by atoms with Gasteiger partial charge in [0.2, 0.25) is 0 Å². The van der Waals surface area contributed by atoms with E-state index in [-0.39, 0.29) is 0 Å². The van der Waals surface area contributed by atoms with Crippen molar-refractivity contribution in [2.24, 2.45) is 0 Å². The molecule has 1 heterocycles. The van der Waals surface area contributed by atoms with Crippen LogP contribution >= 0.6 is 0 Å². The summed E-state index contributed by atoms with van der Waals surface area (Å²) in [4.78, 5) is 0. The van der Waals surface area contributed by atoms with Gasteiger partial charge < -0.3 is 16.9 Å². The molecule has 1 aliphatic rings. The summed E-state index contributed by atoms with van der Waals surface area (Å²) in [5, 5.41) is 1.93. The van der Waals surface area contributed by atoms with Crippen LogP contribution in [0.5, 0.6) is 0 Å². The van der Waals surface area contributed by atoms with Gasteiger partial charge in [-0.1, -0.05) is 12.1 Å². The van der Waals surface area contributed by atoms with Crippen molar-refractivity contribution in [3.05, 3.63) is 72.6 Å². The maximum absolute atomic E-state index is 5.69. The lowest BCUT2D eigenvalue weighted by Crippen LogP contribution is -2.30. The van der Waals surface area contributed by atoms with Gasteiger partial charge in [0.15, 0.2) is 0 Å². The Hall–Kier alpha value is -2.88. The Bertz CT molecular complexity index is 654. The number of benzene rings is 2. The van der Waals surface area contributed by atoms with Crippen molar-refractivity contribution in [3.8, 4) is 0 Å². The summed E-state index contributed by atoms with van der Waals surface area (Å²) < 4.78 is 0. The topological polar surface area (TPSA) is 67.3 Å². The number of nitrogen functional groups attached to an aromatic ring is 2. The molecule has 4 nitrogen and oxygen atoms in total. The highest BCUT2D eigenvalue weighted by Gasteiger charge is 2.07. The van der Waals surface area contributed by atoms with E-state index in [1.807, 2.05) is 65.9 Å². The van der Waals surface area contributed by atoms with Gasteiger partial charge in [-0.2, -0.15) is 0 Å². The number of nitrogens with zero attached hydrogens (tertiary/aromatic N) is 1. The largest absolute Gasteiger partial charge is 0.399 e. The molecule has 0 unspecified atom stereocenters. The first-order chi connectivity index (χ1) is 9.72. The van der Waals surface area contributed by atoms with Crippen LogP contribution in [0.25, 0.3) is 5.57 Å². The van der Waals surface area contributed by atoms with Crippen LogP contribution < -0.4 is 21.9 Å². The van der Waals surface area contributed by atoms with Crippen molar-refractivity contribution in [2.75, 3.05) is 16.5 Å². The number of allylic oxidation sites excluding steroid dienone is 2. The molecule has 5 N–H and O–H groups in total. The normalized spacial score (nSPS) is 13.8. The second-order valence-corrected chi connectivity index (χ2v) is 4.63. The van der Waals surface area contributed by atoms with Crippen molar-refractivity contribution in [1.82, 2.24) is 5.43 Å². The van der Waals surface area contributed by atoms with Crippen LogP contribution in [0.1, 0.15) is 5.56 Å². The molecule has 0 spiro atoms. The molecule has 4 heteroatoms. The van der Waals surface area contributed by atoms with Gasteiger partial charge in [-0.25, -0.2) is 0 Å². The van der Waals surface area contributed by atoms with E-state index < -0.39 is 0 Å². The summed E-state index contributed by atoms with van der Waals surface area (Å²) in [6, 6.07) is 15.5. The van der Waals surface area contributed by atoms with Crippen molar-refractivity contribution in [1.29, 1.82) is 0 Å². The lowest BCUT2D eigenvalue weighted by Gasteiger charge is -2.24. The van der Waals surface area contributed by atoms with Crippen LogP contribution in [0.15, 0.2) is 67.0 Å². The lowest BCUT2D eigenvalue weighted by atomic mass is 10.1. The number of hydrazine groups is 1. The summed E-state index contributed by atoms with van der Waals surface area (Å²) >= 11 is 0. The molecule has 1 aliphatic heterocycles. The monoisotopic (exact) mass is 264 g/mol. The molecule has 3 rings (SSSR count). The minimum absolute atomic E-state index is 0.757. The quantitative estimate of drug-likeness (QED) is 0.730. The summed E-state index contributed by atoms with van der Waals surface area (Å²) in [5.74, 6) is 0. The van der Waals surface area contributed by atoms with E-state index >= 15 is 0 Å². The van der Waals surface area contributed by atoms with Crippen LogP contribution in [-0.4, -0.2) is 0 Å². The number of nitrogens with one attached hydrogen (secondary N) is 1. The molecule has 0 atom stereocenters. The average Bonchev–Trinajstić information content (AvgIpc) is 2.49. The fourth-order valence-corrected chi connectivity index (χ4v) is 2.04. The Morgan fingerprint density at radius 1 is 0.800 bits per heavy atom. The molecule has 2 aromatic carbocycles. The highest BCUT2D eigenvalue weighted by atomic mass is 15.5. The van der Waals surface area contributed by atoms with Crippen molar-refractivity contribution >= 4 is 22.6 Å². The third-order valence-corrected chi connectivity index (χ3v) is 3.18. The van der Waals surface area contributed by atoms with Crippen LogP contribution in [0.3, 0.4) is 0 Å². The number of rotatable bonds is 2. The fraction of sp³-hybridized carbons (Fsp3) is 0. The third-order valence-electron chi connectivity index (χ3n) is 3.18. The lowest BCUT2D eigenvalue weighted by molar-refractivity contribution is 0.871. The summed E-state index contributed by atoms with van der Waals surface area (Å²) in [6.45, 7) is 0. The molecular formula is C16H16N4. The maximum Gasteiger partial charge on any atom is 0.0624 e. The van der Waals surface area contributed by atoms with Gasteiger partial charge in [-0.3, -0.25) is 5.01 Å². The molecule has 100 valence electrons. The molecule has 0 saturated carbocycles. The molecule has 0 saturated heterocycles. The van der Waals surface area contributed by atoms with Gasteiger partial charge in [-0.05, 0) is 48.0 Å². The van der Waals surface area contributed by atoms with Gasteiger partial charge in [-0.15, -0.1) is 0 Å². The minimum Gasteiger partial charge on any atom is -0.399 e. The van der Waals surface area contributed by atoms with E-state index in [9.17, 15) is 0 Å². The van der Waals surface area contributed by atoms with Crippen LogP contribution in [0.4, 0.5) is 17.1 Å². The van der Waals surface area contributed by atoms with Gasteiger partial charge in [0.1, 0.15) is 0 Å². The Balaban J connectivity index is 1.77. The van der Waals surface area contributed by atoms with Gasteiger partial charge in [0.05, 0.1) is 5.69 Å².